The van der Waals surface area contributed by atoms with Gasteiger partial charge in [0, 0.05) is 62.5 Å². The van der Waals surface area contributed by atoms with Crippen LogP contribution in [0.5, 0.6) is 5.75 Å². The Morgan fingerprint density at radius 3 is 2.45 bits per heavy atom. The lowest BCUT2D eigenvalue weighted by atomic mass is 10.0. The maximum Gasteiger partial charge on any atom is 0.255 e. The van der Waals surface area contributed by atoms with Crippen LogP contribution < -0.4 is 10.2 Å². The Hall–Kier alpha value is -3.46. The maximum absolute atomic E-state index is 14.5. The van der Waals surface area contributed by atoms with E-state index in [-0.39, 0.29) is 37.0 Å². The lowest BCUT2D eigenvalue weighted by Crippen LogP contribution is -2.52. The van der Waals surface area contributed by atoms with E-state index < -0.39 is 17.8 Å². The van der Waals surface area contributed by atoms with Crippen LogP contribution >= 0.6 is 0 Å². The van der Waals surface area contributed by atoms with Gasteiger partial charge in [0.15, 0.2) is 0 Å². The molecule has 2 aromatic rings. The largest absolute Gasteiger partial charge is 0.508 e. The Morgan fingerprint density at radius 1 is 1.03 bits per heavy atom. The summed E-state index contributed by atoms with van der Waals surface area (Å²) in [4.78, 5) is 42.7. The Labute approximate surface area is 190 Å². The number of nitrogens with one attached hydrogen (secondary N) is 1. The highest BCUT2D eigenvalue weighted by molar-refractivity contribution is 6.06. The first-order valence-electron chi connectivity index (χ1n) is 11.1. The molecule has 0 aromatic heterocycles. The number of piperazine rings is 1. The standard InChI is InChI=1S/C24H25FN4O4/c25-16-11-18-19(14-29(24(18)33)20-5-6-22(31)26-23(20)32)21(12-16)28-9-7-27(8-10-28)13-15-1-3-17(30)4-2-15/h1-4,11-12,20,30H,5-10,13-14H2,(H,26,31,32). The number of phenolic OH excluding ortho intramolecular Hbond substituents is 1. The Bertz CT molecular complexity index is 1110. The highest BCUT2D eigenvalue weighted by Crippen LogP contribution is 2.35. The van der Waals surface area contributed by atoms with Crippen LogP contribution in [0, 0.1) is 5.82 Å². The number of aromatic hydroxyl groups is 1. The minimum Gasteiger partial charge on any atom is -0.508 e. The second-order valence-corrected chi connectivity index (χ2v) is 8.78. The fourth-order valence-electron chi connectivity index (χ4n) is 4.90. The number of halogens is 1. The fourth-order valence-corrected chi connectivity index (χ4v) is 4.90. The van der Waals surface area contributed by atoms with E-state index in [1.165, 1.54) is 17.0 Å². The van der Waals surface area contributed by atoms with Gasteiger partial charge in [0.05, 0.1) is 0 Å². The normalized spacial score (nSPS) is 21.4. The van der Waals surface area contributed by atoms with Crippen molar-refractivity contribution in [1.82, 2.24) is 15.1 Å². The van der Waals surface area contributed by atoms with Gasteiger partial charge in [0.2, 0.25) is 11.8 Å². The number of nitrogens with zero attached hydrogens (tertiary/aromatic N) is 3. The predicted octanol–water partition coefficient (Wildman–Crippen LogP) is 1.61. The van der Waals surface area contributed by atoms with Gasteiger partial charge in [-0.05, 0) is 36.2 Å². The third-order valence-corrected chi connectivity index (χ3v) is 6.65. The average molecular weight is 452 g/mol. The summed E-state index contributed by atoms with van der Waals surface area (Å²) in [6.45, 7) is 3.90. The molecule has 0 spiro atoms. The molecule has 9 heteroatoms. The molecule has 5 rings (SSSR count). The molecule has 8 nitrogen and oxygen atoms in total. The number of hydrogen-bond donors (Lipinski definition) is 2. The molecule has 0 aliphatic carbocycles. The van der Waals surface area contributed by atoms with Gasteiger partial charge in [0.25, 0.3) is 5.91 Å². The highest BCUT2D eigenvalue weighted by Gasteiger charge is 2.41. The van der Waals surface area contributed by atoms with Crippen LogP contribution in [0.25, 0.3) is 0 Å². The van der Waals surface area contributed by atoms with E-state index >= 15 is 0 Å². The molecule has 1 atom stereocenters. The molecule has 3 aliphatic heterocycles. The molecular weight excluding hydrogens is 427 g/mol. The van der Waals surface area contributed by atoms with Crippen molar-refractivity contribution >= 4 is 23.4 Å². The Morgan fingerprint density at radius 2 is 1.76 bits per heavy atom. The highest BCUT2D eigenvalue weighted by atomic mass is 19.1. The first-order valence-corrected chi connectivity index (χ1v) is 11.1. The predicted molar refractivity (Wildman–Crippen MR) is 118 cm³/mol. The van der Waals surface area contributed by atoms with Crippen molar-refractivity contribution < 1.29 is 23.9 Å². The van der Waals surface area contributed by atoms with Gasteiger partial charge >= 0.3 is 0 Å². The molecule has 0 saturated carbocycles. The fraction of sp³-hybridized carbons (Fsp3) is 0.375. The summed E-state index contributed by atoms with van der Waals surface area (Å²) in [5, 5.41) is 11.7. The van der Waals surface area contributed by atoms with E-state index in [1.807, 2.05) is 12.1 Å². The van der Waals surface area contributed by atoms with E-state index in [0.717, 1.165) is 30.8 Å². The van der Waals surface area contributed by atoms with Gasteiger partial charge in [-0.1, -0.05) is 12.1 Å². The maximum atomic E-state index is 14.5. The summed E-state index contributed by atoms with van der Waals surface area (Å²) in [5.41, 5.74) is 2.83. The molecule has 2 aromatic carbocycles. The zero-order chi connectivity index (χ0) is 23.1. The molecule has 172 valence electrons. The third-order valence-electron chi connectivity index (χ3n) is 6.65. The van der Waals surface area contributed by atoms with Crippen molar-refractivity contribution in [2.24, 2.45) is 0 Å². The first-order chi connectivity index (χ1) is 15.9. The van der Waals surface area contributed by atoms with E-state index in [9.17, 15) is 23.9 Å². The third kappa shape index (κ3) is 4.16. The molecule has 0 bridgehead atoms. The van der Waals surface area contributed by atoms with Crippen LogP contribution in [0.3, 0.4) is 0 Å². The minimum absolute atomic E-state index is 0.181. The minimum atomic E-state index is -0.722. The summed E-state index contributed by atoms with van der Waals surface area (Å²) >= 11 is 0. The zero-order valence-corrected chi connectivity index (χ0v) is 18.1. The summed E-state index contributed by atoms with van der Waals surface area (Å²) in [7, 11) is 0. The van der Waals surface area contributed by atoms with Crippen molar-refractivity contribution in [1.29, 1.82) is 0 Å². The number of fused-ring (bicyclic) bond motifs is 1. The average Bonchev–Trinajstić information content (AvgIpc) is 3.11. The van der Waals surface area contributed by atoms with Crippen LogP contribution in [0.1, 0.15) is 34.3 Å². The van der Waals surface area contributed by atoms with Crippen LogP contribution in [-0.4, -0.2) is 64.8 Å². The van der Waals surface area contributed by atoms with Gasteiger partial charge in [-0.25, -0.2) is 4.39 Å². The number of rotatable bonds is 4. The van der Waals surface area contributed by atoms with Crippen LogP contribution in [0.15, 0.2) is 36.4 Å². The van der Waals surface area contributed by atoms with E-state index in [4.69, 9.17) is 0 Å². The zero-order valence-electron chi connectivity index (χ0n) is 18.1. The quantitative estimate of drug-likeness (QED) is 0.685. The Kier molecular flexibility index (Phi) is 5.49. The molecule has 3 aliphatic rings. The summed E-state index contributed by atoms with van der Waals surface area (Å²) in [5.74, 6) is -1.42. The summed E-state index contributed by atoms with van der Waals surface area (Å²) in [6.07, 6.45) is 0.457. The van der Waals surface area contributed by atoms with E-state index in [0.29, 0.717) is 24.3 Å². The van der Waals surface area contributed by atoms with Gasteiger partial charge in [0.1, 0.15) is 17.6 Å². The molecule has 2 fully saturated rings. The lowest BCUT2D eigenvalue weighted by molar-refractivity contribution is -0.136. The van der Waals surface area contributed by atoms with Crippen molar-refractivity contribution in [2.45, 2.75) is 32.0 Å². The van der Waals surface area contributed by atoms with Crippen molar-refractivity contribution in [2.75, 3.05) is 31.1 Å². The van der Waals surface area contributed by atoms with Crippen molar-refractivity contribution in [3.8, 4) is 5.75 Å². The molecule has 1 unspecified atom stereocenters. The van der Waals surface area contributed by atoms with Crippen molar-refractivity contribution in [3.63, 3.8) is 0 Å². The molecule has 2 saturated heterocycles. The number of carbonyl (C=O) groups excluding carboxylic acids is 3. The topological polar surface area (TPSA) is 93.2 Å². The van der Waals surface area contributed by atoms with Crippen molar-refractivity contribution in [3.05, 3.63) is 58.9 Å². The molecule has 3 amide bonds. The smallest absolute Gasteiger partial charge is 0.255 e. The number of phenols is 1. The number of benzene rings is 2. The van der Waals surface area contributed by atoms with Crippen LogP contribution in [-0.2, 0) is 22.7 Å². The van der Waals surface area contributed by atoms with Gasteiger partial charge in [-0.15, -0.1) is 0 Å². The molecule has 33 heavy (non-hydrogen) atoms. The number of hydrogen-bond acceptors (Lipinski definition) is 6. The number of piperidine rings is 1. The van der Waals surface area contributed by atoms with E-state index in [1.54, 1.807) is 12.1 Å². The number of anilines is 1. The number of amides is 3. The summed E-state index contributed by atoms with van der Waals surface area (Å²) < 4.78 is 14.5. The number of imide groups is 1. The monoisotopic (exact) mass is 452 g/mol. The van der Waals surface area contributed by atoms with Gasteiger partial charge in [-0.3, -0.25) is 24.6 Å². The van der Waals surface area contributed by atoms with Gasteiger partial charge < -0.3 is 14.9 Å². The molecule has 2 N–H and O–H groups in total. The summed E-state index contributed by atoms with van der Waals surface area (Å²) in [6, 6.07) is 9.14. The molecule has 0 radical (unpaired) electrons. The molecular formula is C24H25FN4O4. The Balaban J connectivity index is 1.31. The molecule has 3 heterocycles. The second kappa shape index (κ2) is 8.47. The second-order valence-electron chi connectivity index (χ2n) is 8.78. The lowest BCUT2D eigenvalue weighted by Gasteiger charge is -2.37. The number of carbonyl (C=O) groups is 3. The van der Waals surface area contributed by atoms with Gasteiger partial charge in [-0.2, -0.15) is 0 Å². The van der Waals surface area contributed by atoms with Crippen LogP contribution in [0.2, 0.25) is 0 Å². The van der Waals surface area contributed by atoms with Crippen LogP contribution in [0.4, 0.5) is 10.1 Å². The SMILES string of the molecule is O=C1CCC(N2Cc3c(cc(F)cc3N3CCN(Cc4ccc(O)cc4)CC3)C2=O)C(=O)N1. The van der Waals surface area contributed by atoms with E-state index in [2.05, 4.69) is 15.1 Å². The first kappa shape index (κ1) is 21.4.